The summed E-state index contributed by atoms with van der Waals surface area (Å²) in [5.74, 6) is 1.07. The van der Waals surface area contributed by atoms with Crippen LogP contribution in [0.15, 0.2) is 54.6 Å². The third kappa shape index (κ3) is 2.45. The Hall–Kier alpha value is -2.13. The van der Waals surface area contributed by atoms with Gasteiger partial charge in [0.15, 0.2) is 0 Å². The molecule has 3 nitrogen and oxygen atoms in total. The summed E-state index contributed by atoms with van der Waals surface area (Å²) in [6, 6.07) is 18.9. The lowest BCUT2D eigenvalue weighted by Crippen LogP contribution is -2.21. The number of benzene rings is 2. The van der Waals surface area contributed by atoms with Gasteiger partial charge in [0.2, 0.25) is 0 Å². The molecule has 1 N–H and O–H groups in total. The molecule has 20 heavy (non-hydrogen) atoms. The van der Waals surface area contributed by atoms with Crippen molar-refractivity contribution in [3.8, 4) is 0 Å². The predicted molar refractivity (Wildman–Crippen MR) is 82.4 cm³/mol. The average Bonchev–Trinajstić information content (AvgIpc) is 2.84. The van der Waals surface area contributed by atoms with Crippen molar-refractivity contribution in [3.05, 3.63) is 66.0 Å². The van der Waals surface area contributed by atoms with Gasteiger partial charge < -0.3 is 9.88 Å². The molecule has 0 fully saturated rings. The molecule has 0 bridgehead atoms. The molecule has 0 amide bonds. The van der Waals surface area contributed by atoms with E-state index in [1.165, 1.54) is 11.1 Å². The first-order chi connectivity index (χ1) is 9.75. The first-order valence-electron chi connectivity index (χ1n) is 6.94. The van der Waals surface area contributed by atoms with Gasteiger partial charge in [0.25, 0.3) is 0 Å². The lowest BCUT2D eigenvalue weighted by atomic mass is 10.2. The zero-order valence-electron chi connectivity index (χ0n) is 11.9. The van der Waals surface area contributed by atoms with Gasteiger partial charge in [0.05, 0.1) is 17.1 Å². The van der Waals surface area contributed by atoms with Crippen molar-refractivity contribution in [3.63, 3.8) is 0 Å². The van der Waals surface area contributed by atoms with Crippen LogP contribution in [-0.4, -0.2) is 9.55 Å². The second-order valence-corrected chi connectivity index (χ2v) is 5.11. The third-order valence-corrected chi connectivity index (χ3v) is 3.66. The number of nitrogens with one attached hydrogen (secondary N) is 1. The first-order valence-corrected chi connectivity index (χ1v) is 6.94. The number of rotatable bonds is 4. The Morgan fingerprint density at radius 2 is 1.75 bits per heavy atom. The van der Waals surface area contributed by atoms with Crippen LogP contribution in [0.25, 0.3) is 11.0 Å². The molecule has 0 saturated heterocycles. The van der Waals surface area contributed by atoms with E-state index in [2.05, 4.69) is 66.3 Å². The van der Waals surface area contributed by atoms with Crippen LogP contribution in [0.2, 0.25) is 0 Å². The molecule has 0 spiro atoms. The Labute approximate surface area is 119 Å². The smallest absolute Gasteiger partial charge is 0.126 e. The Bertz CT molecular complexity index is 701. The summed E-state index contributed by atoms with van der Waals surface area (Å²) >= 11 is 0. The molecule has 1 unspecified atom stereocenters. The first kappa shape index (κ1) is 12.9. The van der Waals surface area contributed by atoms with Gasteiger partial charge >= 0.3 is 0 Å². The maximum Gasteiger partial charge on any atom is 0.126 e. The largest absolute Gasteiger partial charge is 0.330 e. The Morgan fingerprint density at radius 3 is 2.50 bits per heavy atom. The highest BCUT2D eigenvalue weighted by Crippen LogP contribution is 2.19. The maximum atomic E-state index is 4.72. The minimum Gasteiger partial charge on any atom is -0.330 e. The van der Waals surface area contributed by atoms with Gasteiger partial charge in [0, 0.05) is 13.6 Å². The molecule has 102 valence electrons. The summed E-state index contributed by atoms with van der Waals surface area (Å²) in [4.78, 5) is 4.72. The van der Waals surface area contributed by atoms with Crippen molar-refractivity contribution in [2.75, 3.05) is 0 Å². The normalized spacial score (nSPS) is 12.7. The minimum atomic E-state index is 0.215. The zero-order valence-corrected chi connectivity index (χ0v) is 11.9. The molecule has 1 atom stereocenters. The van der Waals surface area contributed by atoms with E-state index >= 15 is 0 Å². The van der Waals surface area contributed by atoms with Gasteiger partial charge in [0.1, 0.15) is 5.82 Å². The molecule has 0 radical (unpaired) electrons. The Balaban J connectivity index is 1.79. The van der Waals surface area contributed by atoms with Crippen molar-refractivity contribution in [1.29, 1.82) is 0 Å². The van der Waals surface area contributed by atoms with Gasteiger partial charge in [-0.3, -0.25) is 0 Å². The number of hydrogen-bond donors (Lipinski definition) is 1. The average molecular weight is 265 g/mol. The Kier molecular flexibility index (Phi) is 3.52. The lowest BCUT2D eigenvalue weighted by Gasteiger charge is -2.13. The molecule has 0 aliphatic heterocycles. The van der Waals surface area contributed by atoms with Crippen LogP contribution in [0.5, 0.6) is 0 Å². The molecule has 0 aliphatic rings. The SMILES string of the molecule is CC(NCc1ccccc1)c1nc2ccccc2n1C. The van der Waals surface area contributed by atoms with Crippen LogP contribution >= 0.6 is 0 Å². The topological polar surface area (TPSA) is 29.9 Å². The summed E-state index contributed by atoms with van der Waals surface area (Å²) < 4.78 is 2.16. The molecule has 1 heterocycles. The quantitative estimate of drug-likeness (QED) is 0.783. The van der Waals surface area contributed by atoms with Gasteiger partial charge in [-0.05, 0) is 24.6 Å². The molecular formula is C17H19N3. The van der Waals surface area contributed by atoms with Crippen LogP contribution in [0.3, 0.4) is 0 Å². The number of nitrogens with zero attached hydrogens (tertiary/aromatic N) is 2. The molecule has 3 aromatic rings. The predicted octanol–water partition coefficient (Wildman–Crippen LogP) is 3.42. The van der Waals surface area contributed by atoms with E-state index in [9.17, 15) is 0 Å². The van der Waals surface area contributed by atoms with Gasteiger partial charge in [-0.25, -0.2) is 4.98 Å². The van der Waals surface area contributed by atoms with Crippen molar-refractivity contribution >= 4 is 11.0 Å². The van der Waals surface area contributed by atoms with E-state index < -0.39 is 0 Å². The number of aryl methyl sites for hydroxylation is 1. The molecule has 0 saturated carbocycles. The fourth-order valence-corrected chi connectivity index (χ4v) is 2.51. The summed E-state index contributed by atoms with van der Waals surface area (Å²) in [7, 11) is 2.07. The fraction of sp³-hybridized carbons (Fsp3) is 0.235. The zero-order chi connectivity index (χ0) is 13.9. The van der Waals surface area contributed by atoms with Crippen molar-refractivity contribution in [1.82, 2.24) is 14.9 Å². The molecule has 1 aromatic heterocycles. The number of para-hydroxylation sites is 2. The highest BCUT2D eigenvalue weighted by molar-refractivity contribution is 5.75. The molecule has 2 aromatic carbocycles. The summed E-state index contributed by atoms with van der Waals surface area (Å²) in [5, 5.41) is 3.53. The minimum absolute atomic E-state index is 0.215. The van der Waals surface area contributed by atoms with E-state index in [1.54, 1.807) is 0 Å². The monoisotopic (exact) mass is 265 g/mol. The van der Waals surface area contributed by atoms with E-state index in [0.717, 1.165) is 17.9 Å². The van der Waals surface area contributed by atoms with Gasteiger partial charge in [-0.2, -0.15) is 0 Å². The van der Waals surface area contributed by atoms with E-state index in [-0.39, 0.29) is 6.04 Å². The van der Waals surface area contributed by atoms with E-state index in [4.69, 9.17) is 4.98 Å². The fourth-order valence-electron chi connectivity index (χ4n) is 2.51. The number of fused-ring (bicyclic) bond motifs is 1. The molecule has 3 heteroatoms. The third-order valence-electron chi connectivity index (χ3n) is 3.66. The highest BCUT2D eigenvalue weighted by Gasteiger charge is 2.13. The molecular weight excluding hydrogens is 246 g/mol. The maximum absolute atomic E-state index is 4.72. The molecule has 3 rings (SSSR count). The van der Waals surface area contributed by atoms with Gasteiger partial charge in [-0.15, -0.1) is 0 Å². The molecule has 0 aliphatic carbocycles. The summed E-state index contributed by atoms with van der Waals surface area (Å²) in [6.45, 7) is 3.01. The van der Waals surface area contributed by atoms with Crippen molar-refractivity contribution in [2.45, 2.75) is 19.5 Å². The standard InChI is InChI=1S/C17H19N3/c1-13(18-12-14-8-4-3-5-9-14)17-19-15-10-6-7-11-16(15)20(17)2/h3-11,13,18H,12H2,1-2H3. The summed E-state index contributed by atoms with van der Waals surface area (Å²) in [5.41, 5.74) is 3.52. The van der Waals surface area contributed by atoms with Crippen LogP contribution in [0, 0.1) is 0 Å². The second-order valence-electron chi connectivity index (χ2n) is 5.11. The number of imidazole rings is 1. The number of hydrogen-bond acceptors (Lipinski definition) is 2. The second kappa shape index (κ2) is 5.47. The summed E-state index contributed by atoms with van der Waals surface area (Å²) in [6.07, 6.45) is 0. The van der Waals surface area contributed by atoms with Gasteiger partial charge in [-0.1, -0.05) is 42.5 Å². The van der Waals surface area contributed by atoms with Crippen molar-refractivity contribution < 1.29 is 0 Å². The Morgan fingerprint density at radius 1 is 1.05 bits per heavy atom. The van der Waals surface area contributed by atoms with E-state index in [1.807, 2.05) is 12.1 Å². The lowest BCUT2D eigenvalue weighted by molar-refractivity contribution is 0.533. The van der Waals surface area contributed by atoms with Crippen LogP contribution < -0.4 is 5.32 Å². The van der Waals surface area contributed by atoms with Crippen LogP contribution in [0.4, 0.5) is 0 Å². The van der Waals surface area contributed by atoms with E-state index in [0.29, 0.717) is 0 Å². The highest BCUT2D eigenvalue weighted by atomic mass is 15.1. The van der Waals surface area contributed by atoms with Crippen LogP contribution in [-0.2, 0) is 13.6 Å². The van der Waals surface area contributed by atoms with Crippen LogP contribution in [0.1, 0.15) is 24.4 Å². The number of aromatic nitrogens is 2. The van der Waals surface area contributed by atoms with Crippen molar-refractivity contribution in [2.24, 2.45) is 7.05 Å².